The van der Waals surface area contributed by atoms with Gasteiger partial charge in [0.2, 0.25) is 0 Å². The normalized spacial score (nSPS) is 14.8. The van der Waals surface area contributed by atoms with Crippen LogP contribution in [0.5, 0.6) is 0 Å². The first-order chi connectivity index (χ1) is 9.08. The van der Waals surface area contributed by atoms with Crippen molar-refractivity contribution in [2.75, 3.05) is 5.32 Å². The fourth-order valence-electron chi connectivity index (χ4n) is 1.32. The molecule has 0 aliphatic rings. The van der Waals surface area contributed by atoms with Crippen molar-refractivity contribution >= 4 is 5.69 Å². The molecule has 0 spiro atoms. The molecule has 1 aromatic rings. The summed E-state index contributed by atoms with van der Waals surface area (Å²) < 4.78 is 37.8. The monoisotopic (exact) mass is 287 g/mol. The number of anilines is 1. The molecule has 0 aliphatic heterocycles. The van der Waals surface area contributed by atoms with Gasteiger partial charge in [-0.05, 0) is 24.5 Å². The van der Waals surface area contributed by atoms with Crippen LogP contribution in [-0.4, -0.2) is 17.2 Å². The van der Waals surface area contributed by atoms with Gasteiger partial charge in [0, 0.05) is 12.2 Å². The molecular weight excluding hydrogens is 267 g/mol. The molecule has 1 rings (SSSR count). The van der Waals surface area contributed by atoms with Gasteiger partial charge in [0.1, 0.15) is 5.82 Å². The van der Waals surface area contributed by atoms with Gasteiger partial charge in [-0.1, -0.05) is 20.8 Å². The van der Waals surface area contributed by atoms with E-state index in [1.54, 1.807) is 18.3 Å². The van der Waals surface area contributed by atoms with Crippen LogP contribution >= 0.6 is 0 Å². The molecule has 6 heteroatoms. The van der Waals surface area contributed by atoms with E-state index in [-0.39, 0.29) is 23.4 Å². The molecular formula is C14H20F3N3. The summed E-state index contributed by atoms with van der Waals surface area (Å²) in [5.41, 5.74) is 0.331. The minimum absolute atomic E-state index is 0.0899. The summed E-state index contributed by atoms with van der Waals surface area (Å²) in [6.07, 6.45) is -1.14. The minimum atomic E-state index is -4.39. The van der Waals surface area contributed by atoms with Crippen LogP contribution in [0.15, 0.2) is 36.4 Å². The maximum absolute atomic E-state index is 12.6. The first-order valence-corrected chi connectivity index (χ1v) is 6.31. The van der Waals surface area contributed by atoms with Gasteiger partial charge in [-0.25, -0.2) is 0 Å². The van der Waals surface area contributed by atoms with E-state index in [1.165, 1.54) is 6.20 Å². The highest BCUT2D eigenvalue weighted by atomic mass is 19.4. The summed E-state index contributed by atoms with van der Waals surface area (Å²) in [4.78, 5) is 3.86. The Bertz CT molecular complexity index is 447. The van der Waals surface area contributed by atoms with Crippen LogP contribution in [0, 0.1) is 5.41 Å². The SMILES string of the molecule is C[C@H](N/C(=C/C(F)(F)F)Nc1cccnc1)C(C)(C)C. The molecule has 0 radical (unpaired) electrons. The van der Waals surface area contributed by atoms with E-state index in [2.05, 4.69) is 15.6 Å². The fourth-order valence-corrected chi connectivity index (χ4v) is 1.32. The zero-order valence-electron chi connectivity index (χ0n) is 12.0. The van der Waals surface area contributed by atoms with Crippen LogP contribution in [0.3, 0.4) is 0 Å². The average Bonchev–Trinajstić information content (AvgIpc) is 2.26. The van der Waals surface area contributed by atoms with E-state index >= 15 is 0 Å². The van der Waals surface area contributed by atoms with Crippen molar-refractivity contribution < 1.29 is 13.2 Å². The number of aromatic nitrogens is 1. The van der Waals surface area contributed by atoms with Crippen molar-refractivity contribution in [1.82, 2.24) is 10.3 Å². The summed E-state index contributed by atoms with van der Waals surface area (Å²) in [6.45, 7) is 7.72. The molecule has 2 N–H and O–H groups in total. The minimum Gasteiger partial charge on any atom is -0.369 e. The molecule has 1 atom stereocenters. The maximum Gasteiger partial charge on any atom is 0.413 e. The number of nitrogens with zero attached hydrogens (tertiary/aromatic N) is 1. The average molecular weight is 287 g/mol. The van der Waals surface area contributed by atoms with Gasteiger partial charge in [0.25, 0.3) is 0 Å². The Morgan fingerprint density at radius 2 is 1.95 bits per heavy atom. The quantitative estimate of drug-likeness (QED) is 0.881. The lowest BCUT2D eigenvalue weighted by molar-refractivity contribution is -0.0808. The zero-order chi connectivity index (χ0) is 15.4. The third-order valence-electron chi connectivity index (χ3n) is 2.92. The maximum atomic E-state index is 12.6. The largest absolute Gasteiger partial charge is 0.413 e. The lowest BCUT2D eigenvalue weighted by Gasteiger charge is -2.30. The molecule has 0 saturated carbocycles. The second-order valence-electron chi connectivity index (χ2n) is 5.70. The zero-order valence-corrected chi connectivity index (χ0v) is 12.0. The standard InChI is InChI=1S/C14H20F3N3/c1-10(13(2,3)4)19-12(8-14(15,16)17)20-11-6-5-7-18-9-11/h5-10,19-20H,1-4H3/b12-8-/t10-/m0/s1. The van der Waals surface area contributed by atoms with E-state index in [0.717, 1.165) is 0 Å². The van der Waals surface area contributed by atoms with Gasteiger partial charge in [0.05, 0.1) is 18.0 Å². The molecule has 112 valence electrons. The van der Waals surface area contributed by atoms with Gasteiger partial charge in [-0.2, -0.15) is 13.2 Å². The molecule has 0 saturated heterocycles. The molecule has 0 unspecified atom stereocenters. The van der Waals surface area contributed by atoms with Crippen molar-refractivity contribution in [3.63, 3.8) is 0 Å². The topological polar surface area (TPSA) is 37.0 Å². The van der Waals surface area contributed by atoms with E-state index < -0.39 is 6.18 Å². The third kappa shape index (κ3) is 5.95. The number of hydrogen-bond donors (Lipinski definition) is 2. The summed E-state index contributed by atoms with van der Waals surface area (Å²) in [6, 6.07) is 3.17. The Kier molecular flexibility index (Phi) is 5.03. The number of rotatable bonds is 4. The van der Waals surface area contributed by atoms with Gasteiger partial charge in [-0.3, -0.25) is 4.98 Å². The van der Waals surface area contributed by atoms with Crippen molar-refractivity contribution in [1.29, 1.82) is 0 Å². The Labute approximate surface area is 117 Å². The summed E-state index contributed by atoms with van der Waals surface area (Å²) in [5, 5.41) is 5.57. The van der Waals surface area contributed by atoms with Crippen LogP contribution in [-0.2, 0) is 0 Å². The van der Waals surface area contributed by atoms with E-state index in [4.69, 9.17) is 0 Å². The number of nitrogens with one attached hydrogen (secondary N) is 2. The van der Waals surface area contributed by atoms with Gasteiger partial charge in [0.15, 0.2) is 0 Å². The molecule has 1 heterocycles. The number of alkyl halides is 3. The molecule has 0 bridgehead atoms. The highest BCUT2D eigenvalue weighted by molar-refractivity contribution is 5.45. The van der Waals surface area contributed by atoms with Crippen molar-refractivity contribution in [2.24, 2.45) is 5.41 Å². The van der Waals surface area contributed by atoms with Crippen LogP contribution in [0.25, 0.3) is 0 Å². The summed E-state index contributed by atoms with van der Waals surface area (Å²) in [5.74, 6) is -0.0899. The van der Waals surface area contributed by atoms with E-state index in [9.17, 15) is 13.2 Å². The summed E-state index contributed by atoms with van der Waals surface area (Å²) in [7, 11) is 0. The lowest BCUT2D eigenvalue weighted by atomic mass is 9.88. The van der Waals surface area contributed by atoms with Crippen molar-refractivity contribution in [3.05, 3.63) is 36.4 Å². The number of allylic oxidation sites excluding steroid dienone is 1. The molecule has 0 fully saturated rings. The molecule has 1 aromatic heterocycles. The molecule has 0 amide bonds. The van der Waals surface area contributed by atoms with Crippen LogP contribution in [0.2, 0.25) is 0 Å². The van der Waals surface area contributed by atoms with Crippen molar-refractivity contribution in [3.8, 4) is 0 Å². The Morgan fingerprint density at radius 3 is 2.40 bits per heavy atom. The van der Waals surface area contributed by atoms with Gasteiger partial charge in [-0.15, -0.1) is 0 Å². The molecule has 3 nitrogen and oxygen atoms in total. The predicted octanol–water partition coefficient (Wildman–Crippen LogP) is 3.92. The van der Waals surface area contributed by atoms with Crippen LogP contribution in [0.4, 0.5) is 18.9 Å². The van der Waals surface area contributed by atoms with Crippen LogP contribution < -0.4 is 10.6 Å². The van der Waals surface area contributed by atoms with Gasteiger partial charge < -0.3 is 10.6 Å². The highest BCUT2D eigenvalue weighted by Gasteiger charge is 2.27. The second-order valence-corrected chi connectivity index (χ2v) is 5.70. The van der Waals surface area contributed by atoms with Crippen molar-refractivity contribution in [2.45, 2.75) is 39.9 Å². The first-order valence-electron chi connectivity index (χ1n) is 6.31. The van der Waals surface area contributed by atoms with E-state index in [1.807, 2.05) is 27.7 Å². The van der Waals surface area contributed by atoms with Crippen LogP contribution in [0.1, 0.15) is 27.7 Å². The van der Waals surface area contributed by atoms with Gasteiger partial charge >= 0.3 is 6.18 Å². The second kappa shape index (κ2) is 6.15. The lowest BCUT2D eigenvalue weighted by Crippen LogP contribution is -2.39. The smallest absolute Gasteiger partial charge is 0.369 e. The number of pyridine rings is 1. The Balaban J connectivity index is 2.90. The molecule has 0 aromatic carbocycles. The fraction of sp³-hybridized carbons (Fsp3) is 0.500. The van der Waals surface area contributed by atoms with E-state index in [0.29, 0.717) is 5.69 Å². The third-order valence-corrected chi connectivity index (χ3v) is 2.92. The Hall–Kier alpha value is -1.72. The molecule has 0 aliphatic carbocycles. The number of halogens is 3. The number of hydrogen-bond acceptors (Lipinski definition) is 3. The summed E-state index contributed by atoms with van der Waals surface area (Å²) >= 11 is 0. The Morgan fingerprint density at radius 1 is 1.30 bits per heavy atom. The predicted molar refractivity (Wildman–Crippen MR) is 74.1 cm³/mol. The first kappa shape index (κ1) is 16.3. The molecule has 20 heavy (non-hydrogen) atoms. The highest BCUT2D eigenvalue weighted by Crippen LogP contribution is 2.23.